The molecule has 21 heavy (non-hydrogen) atoms. The van der Waals surface area contributed by atoms with Gasteiger partial charge < -0.3 is 10.6 Å². The summed E-state index contributed by atoms with van der Waals surface area (Å²) in [5, 5.41) is 0. The zero-order valence-corrected chi connectivity index (χ0v) is 12.7. The molecule has 0 amide bonds. The number of hydrogen-bond acceptors (Lipinski definition) is 2. The third-order valence-corrected chi connectivity index (χ3v) is 4.51. The summed E-state index contributed by atoms with van der Waals surface area (Å²) in [6.45, 7) is 4.42. The molecule has 0 spiro atoms. The molecule has 110 valence electrons. The zero-order valence-electron chi connectivity index (χ0n) is 12.7. The lowest BCUT2D eigenvalue weighted by Gasteiger charge is -2.35. The van der Waals surface area contributed by atoms with Gasteiger partial charge in [0.05, 0.1) is 0 Å². The molecular formula is C19H24N2. The highest BCUT2D eigenvalue weighted by Crippen LogP contribution is 2.29. The average Bonchev–Trinajstić information content (AvgIpc) is 2.55. The van der Waals surface area contributed by atoms with E-state index >= 15 is 0 Å². The molecule has 0 saturated heterocycles. The van der Waals surface area contributed by atoms with Crippen molar-refractivity contribution in [3.63, 3.8) is 0 Å². The van der Waals surface area contributed by atoms with Gasteiger partial charge in [0.15, 0.2) is 0 Å². The minimum atomic E-state index is 0.0975. The Hall–Kier alpha value is -1.80. The van der Waals surface area contributed by atoms with Gasteiger partial charge in [-0.15, -0.1) is 0 Å². The molecule has 0 aliphatic carbocycles. The lowest BCUT2D eigenvalue weighted by molar-refractivity contribution is 0.457. The van der Waals surface area contributed by atoms with Crippen molar-refractivity contribution >= 4 is 5.69 Å². The van der Waals surface area contributed by atoms with Crippen molar-refractivity contribution in [2.24, 2.45) is 11.7 Å². The molecule has 1 aliphatic heterocycles. The number of nitrogens with zero attached hydrogens (tertiary/aromatic N) is 1. The van der Waals surface area contributed by atoms with E-state index in [1.165, 1.54) is 29.7 Å². The molecule has 2 aromatic rings. The second kappa shape index (κ2) is 6.31. The Morgan fingerprint density at radius 3 is 2.57 bits per heavy atom. The minimum Gasteiger partial charge on any atom is -0.371 e. The van der Waals surface area contributed by atoms with Crippen LogP contribution in [0.5, 0.6) is 0 Å². The maximum Gasteiger partial charge on any atom is 0.0398 e. The van der Waals surface area contributed by atoms with Gasteiger partial charge in [-0.2, -0.15) is 0 Å². The Morgan fingerprint density at radius 1 is 1.05 bits per heavy atom. The van der Waals surface area contributed by atoms with Crippen molar-refractivity contribution in [2.75, 3.05) is 18.0 Å². The Balaban J connectivity index is 1.72. The van der Waals surface area contributed by atoms with E-state index in [0.717, 1.165) is 13.1 Å². The Kier molecular flexibility index (Phi) is 4.26. The first-order valence-corrected chi connectivity index (χ1v) is 7.89. The van der Waals surface area contributed by atoms with Gasteiger partial charge in [-0.25, -0.2) is 0 Å². The van der Waals surface area contributed by atoms with Gasteiger partial charge in [-0.05, 0) is 36.0 Å². The summed E-state index contributed by atoms with van der Waals surface area (Å²) in [4.78, 5) is 2.51. The fourth-order valence-electron chi connectivity index (χ4n) is 3.27. The Labute approximate surface area is 127 Å². The molecule has 2 aromatic carbocycles. The van der Waals surface area contributed by atoms with Crippen molar-refractivity contribution in [1.82, 2.24) is 0 Å². The van der Waals surface area contributed by atoms with E-state index in [2.05, 4.69) is 60.4 Å². The van der Waals surface area contributed by atoms with Crippen molar-refractivity contribution in [3.05, 3.63) is 65.7 Å². The molecule has 2 atom stereocenters. The number of fused-ring (bicyclic) bond motifs is 1. The predicted molar refractivity (Wildman–Crippen MR) is 89.5 cm³/mol. The lowest BCUT2D eigenvalue weighted by Crippen LogP contribution is -2.36. The van der Waals surface area contributed by atoms with Crippen LogP contribution in [0.2, 0.25) is 0 Å². The third kappa shape index (κ3) is 3.11. The van der Waals surface area contributed by atoms with Crippen LogP contribution in [0.3, 0.4) is 0 Å². The molecule has 2 unspecified atom stereocenters. The molecule has 0 saturated carbocycles. The SMILES string of the molecule is CC(CN1CCCc2ccccc21)C(N)c1ccccc1. The first kappa shape index (κ1) is 14.2. The summed E-state index contributed by atoms with van der Waals surface area (Å²) in [5.41, 5.74) is 10.6. The highest BCUT2D eigenvalue weighted by molar-refractivity contribution is 5.55. The van der Waals surface area contributed by atoms with E-state index in [1.807, 2.05) is 6.07 Å². The second-order valence-electron chi connectivity index (χ2n) is 6.09. The van der Waals surface area contributed by atoms with E-state index in [-0.39, 0.29) is 6.04 Å². The fraction of sp³-hybridized carbons (Fsp3) is 0.368. The fourth-order valence-corrected chi connectivity index (χ4v) is 3.27. The van der Waals surface area contributed by atoms with Crippen LogP contribution in [0.15, 0.2) is 54.6 Å². The van der Waals surface area contributed by atoms with Gasteiger partial charge in [-0.1, -0.05) is 55.5 Å². The molecule has 2 N–H and O–H groups in total. The highest BCUT2D eigenvalue weighted by Gasteiger charge is 2.21. The summed E-state index contributed by atoms with van der Waals surface area (Å²) in [6, 6.07) is 19.3. The van der Waals surface area contributed by atoms with Crippen LogP contribution in [0.4, 0.5) is 5.69 Å². The minimum absolute atomic E-state index is 0.0975. The number of aryl methyl sites for hydroxylation is 1. The zero-order chi connectivity index (χ0) is 14.7. The standard InChI is InChI=1S/C19H24N2/c1-15(19(20)17-9-3-2-4-10-17)14-21-13-7-11-16-8-5-6-12-18(16)21/h2-6,8-10,12,15,19H,7,11,13-14,20H2,1H3. The lowest BCUT2D eigenvalue weighted by atomic mass is 9.93. The van der Waals surface area contributed by atoms with Crippen LogP contribution in [-0.4, -0.2) is 13.1 Å². The predicted octanol–water partition coefficient (Wildman–Crippen LogP) is 3.78. The maximum atomic E-state index is 6.45. The summed E-state index contributed by atoms with van der Waals surface area (Å²) in [5.74, 6) is 0.429. The topological polar surface area (TPSA) is 29.3 Å². The van der Waals surface area contributed by atoms with E-state index in [9.17, 15) is 0 Å². The maximum absolute atomic E-state index is 6.45. The largest absolute Gasteiger partial charge is 0.371 e. The molecule has 0 radical (unpaired) electrons. The quantitative estimate of drug-likeness (QED) is 0.923. The van der Waals surface area contributed by atoms with Gasteiger partial charge in [0.25, 0.3) is 0 Å². The van der Waals surface area contributed by atoms with Gasteiger partial charge in [-0.3, -0.25) is 0 Å². The molecule has 2 heteroatoms. The molecule has 0 fully saturated rings. The monoisotopic (exact) mass is 280 g/mol. The van der Waals surface area contributed by atoms with Crippen LogP contribution in [0, 0.1) is 5.92 Å². The van der Waals surface area contributed by atoms with E-state index < -0.39 is 0 Å². The van der Waals surface area contributed by atoms with Crippen molar-refractivity contribution in [3.8, 4) is 0 Å². The molecule has 2 nitrogen and oxygen atoms in total. The normalized spacial score (nSPS) is 17.1. The second-order valence-corrected chi connectivity index (χ2v) is 6.09. The summed E-state index contributed by atoms with van der Waals surface area (Å²) in [6.07, 6.45) is 2.44. The molecule has 0 aromatic heterocycles. The number of anilines is 1. The molecule has 0 bridgehead atoms. The van der Waals surface area contributed by atoms with Gasteiger partial charge in [0.1, 0.15) is 0 Å². The van der Waals surface area contributed by atoms with Crippen LogP contribution in [0.1, 0.15) is 30.5 Å². The molecule has 3 rings (SSSR count). The van der Waals surface area contributed by atoms with Crippen LogP contribution in [-0.2, 0) is 6.42 Å². The first-order chi connectivity index (χ1) is 10.3. The van der Waals surface area contributed by atoms with Crippen LogP contribution in [0.25, 0.3) is 0 Å². The molecular weight excluding hydrogens is 256 g/mol. The van der Waals surface area contributed by atoms with Crippen molar-refractivity contribution in [1.29, 1.82) is 0 Å². The van der Waals surface area contributed by atoms with E-state index in [4.69, 9.17) is 5.73 Å². The number of benzene rings is 2. The first-order valence-electron chi connectivity index (χ1n) is 7.89. The summed E-state index contributed by atoms with van der Waals surface area (Å²) < 4.78 is 0. The Bertz CT molecular complexity index is 579. The number of para-hydroxylation sites is 1. The number of nitrogens with two attached hydrogens (primary N) is 1. The van der Waals surface area contributed by atoms with Gasteiger partial charge in [0.2, 0.25) is 0 Å². The smallest absolute Gasteiger partial charge is 0.0398 e. The average molecular weight is 280 g/mol. The van der Waals surface area contributed by atoms with E-state index in [0.29, 0.717) is 5.92 Å². The molecule has 1 heterocycles. The third-order valence-electron chi connectivity index (χ3n) is 4.51. The highest BCUT2D eigenvalue weighted by atomic mass is 15.1. The molecule has 1 aliphatic rings. The van der Waals surface area contributed by atoms with Crippen LogP contribution < -0.4 is 10.6 Å². The van der Waals surface area contributed by atoms with Crippen molar-refractivity contribution < 1.29 is 0 Å². The summed E-state index contributed by atoms with van der Waals surface area (Å²) in [7, 11) is 0. The van der Waals surface area contributed by atoms with Gasteiger partial charge in [0, 0.05) is 24.8 Å². The number of hydrogen-bond donors (Lipinski definition) is 1. The van der Waals surface area contributed by atoms with Crippen LogP contribution >= 0.6 is 0 Å². The van der Waals surface area contributed by atoms with Crippen molar-refractivity contribution in [2.45, 2.75) is 25.8 Å². The van der Waals surface area contributed by atoms with E-state index in [1.54, 1.807) is 0 Å². The number of rotatable bonds is 4. The summed E-state index contributed by atoms with van der Waals surface area (Å²) >= 11 is 0. The Morgan fingerprint density at radius 2 is 1.76 bits per heavy atom. The van der Waals surface area contributed by atoms with Gasteiger partial charge >= 0.3 is 0 Å².